The highest BCUT2D eigenvalue weighted by Crippen LogP contribution is 2.12. The molecule has 0 atom stereocenters. The van der Waals surface area contributed by atoms with E-state index in [9.17, 15) is 12.8 Å². The van der Waals surface area contributed by atoms with Crippen molar-refractivity contribution in [1.29, 1.82) is 0 Å². The Balaban J connectivity index is 3.26. The summed E-state index contributed by atoms with van der Waals surface area (Å²) in [5.41, 5.74) is 0. The van der Waals surface area contributed by atoms with Crippen LogP contribution in [0.1, 0.15) is 0 Å². The van der Waals surface area contributed by atoms with Crippen LogP contribution in [0.5, 0.6) is 0 Å². The third-order valence-corrected chi connectivity index (χ3v) is 3.33. The molecule has 0 aliphatic heterocycles. The van der Waals surface area contributed by atoms with Crippen LogP contribution in [-0.4, -0.2) is 13.3 Å². The van der Waals surface area contributed by atoms with Crippen molar-refractivity contribution in [2.45, 2.75) is 4.90 Å². The van der Waals surface area contributed by atoms with Crippen molar-refractivity contribution in [3.05, 3.63) is 30.3 Å². The van der Waals surface area contributed by atoms with Crippen LogP contribution in [0.25, 0.3) is 0 Å². The van der Waals surface area contributed by atoms with E-state index in [-0.39, 0.29) is 4.90 Å². The minimum Gasteiger partial charge on any atom is -0.216 e. The summed E-state index contributed by atoms with van der Waals surface area (Å²) >= 11 is 0. The monoisotopic (exact) mass is 203 g/mol. The van der Waals surface area contributed by atoms with Gasteiger partial charge >= 0.3 is 0 Å². The highest BCUT2D eigenvalue weighted by Gasteiger charge is 2.18. The highest BCUT2D eigenvalue weighted by atomic mass is 32.2. The van der Waals surface area contributed by atoms with Gasteiger partial charge in [0, 0.05) is 8.86 Å². The maximum atomic E-state index is 12.4. The van der Waals surface area contributed by atoms with Gasteiger partial charge in [0.05, 0.1) is 4.90 Å². The lowest BCUT2D eigenvalue weighted by Crippen LogP contribution is -2.06. The zero-order valence-corrected chi connectivity index (χ0v) is 7.65. The second-order valence-corrected chi connectivity index (χ2v) is 4.60. The van der Waals surface area contributed by atoms with Crippen LogP contribution in [0.2, 0.25) is 0 Å². The summed E-state index contributed by atoms with van der Waals surface area (Å²) in [6, 6.07) is 7.30. The van der Waals surface area contributed by atoms with Gasteiger partial charge in [0.15, 0.2) is 0 Å². The fraction of sp³-hybridized carbons (Fsp3) is 0. The van der Waals surface area contributed by atoms with Gasteiger partial charge in [-0.25, -0.2) is 8.42 Å². The number of benzene rings is 1. The Bertz CT molecular complexity index is 385. The van der Waals surface area contributed by atoms with E-state index in [0.717, 1.165) is 0 Å². The van der Waals surface area contributed by atoms with Crippen LogP contribution in [0.15, 0.2) is 35.2 Å². The lowest BCUT2D eigenvalue weighted by atomic mass is 10.4. The molecular formula is C7H5FO2PS. The first-order valence-corrected chi connectivity index (χ1v) is 5.00. The van der Waals surface area contributed by atoms with E-state index in [1.807, 2.05) is 0 Å². The van der Waals surface area contributed by atoms with E-state index in [1.54, 1.807) is 6.07 Å². The quantitative estimate of drug-likeness (QED) is 0.688. The summed E-state index contributed by atoms with van der Waals surface area (Å²) in [6.45, 7) is 0. The normalized spacial score (nSPS) is 11.1. The Morgan fingerprint density at radius 2 is 1.75 bits per heavy atom. The molecule has 0 saturated carbocycles. The van der Waals surface area contributed by atoms with Gasteiger partial charge in [-0.2, -0.15) is 4.39 Å². The van der Waals surface area contributed by atoms with E-state index in [4.69, 9.17) is 0 Å². The van der Waals surface area contributed by atoms with Gasteiger partial charge in [0.1, 0.15) is 0 Å². The minimum absolute atomic E-state index is 0.0856. The zero-order valence-electron chi connectivity index (χ0n) is 5.94. The van der Waals surface area contributed by atoms with Crippen molar-refractivity contribution in [1.82, 2.24) is 0 Å². The van der Waals surface area contributed by atoms with E-state index >= 15 is 0 Å². The largest absolute Gasteiger partial charge is 0.249 e. The molecule has 0 amide bonds. The summed E-state index contributed by atoms with van der Waals surface area (Å²) < 4.78 is 34.4. The molecule has 0 spiro atoms. The van der Waals surface area contributed by atoms with Crippen molar-refractivity contribution in [2.75, 3.05) is 0 Å². The third-order valence-electron chi connectivity index (χ3n) is 1.28. The van der Waals surface area contributed by atoms with Crippen LogP contribution in [0, 0.1) is 0 Å². The molecule has 0 N–H and O–H groups in total. The van der Waals surface area contributed by atoms with Crippen LogP contribution >= 0.6 is 8.86 Å². The second kappa shape index (κ2) is 3.33. The topological polar surface area (TPSA) is 34.1 Å². The van der Waals surface area contributed by atoms with E-state index in [2.05, 4.69) is 8.86 Å². The number of sulfone groups is 1. The van der Waals surface area contributed by atoms with Gasteiger partial charge in [-0.15, -0.1) is 0 Å². The molecule has 2 nitrogen and oxygen atoms in total. The molecule has 0 aromatic heterocycles. The third kappa shape index (κ3) is 1.71. The summed E-state index contributed by atoms with van der Waals surface area (Å²) in [6.07, 6.45) is 0. The maximum absolute atomic E-state index is 12.4. The van der Waals surface area contributed by atoms with Gasteiger partial charge in [-0.1, -0.05) is 18.2 Å². The molecule has 0 heterocycles. The first-order valence-electron chi connectivity index (χ1n) is 3.06. The van der Waals surface area contributed by atoms with Crippen LogP contribution in [0.3, 0.4) is 0 Å². The van der Waals surface area contributed by atoms with Crippen molar-refractivity contribution in [3.63, 3.8) is 0 Å². The molecule has 0 bridgehead atoms. The summed E-state index contributed by atoms with van der Waals surface area (Å²) in [5, 5.41) is 0. The van der Waals surface area contributed by atoms with Crippen molar-refractivity contribution < 1.29 is 12.8 Å². The van der Waals surface area contributed by atoms with E-state index < -0.39 is 14.7 Å². The molecular weight excluding hydrogens is 198 g/mol. The smallest absolute Gasteiger partial charge is 0.216 e. The maximum Gasteiger partial charge on any atom is 0.249 e. The average Bonchev–Trinajstić information content (AvgIpc) is 2.06. The Labute approximate surface area is 72.2 Å². The molecule has 12 heavy (non-hydrogen) atoms. The Kier molecular flexibility index (Phi) is 2.60. The molecule has 0 unspecified atom stereocenters. The molecule has 1 aromatic rings. The van der Waals surface area contributed by atoms with Gasteiger partial charge < -0.3 is 0 Å². The predicted molar refractivity (Wildman–Crippen MR) is 46.7 cm³/mol. The molecule has 5 heteroatoms. The van der Waals surface area contributed by atoms with Crippen LogP contribution in [0.4, 0.5) is 4.39 Å². The van der Waals surface area contributed by atoms with Crippen LogP contribution in [-0.2, 0) is 9.84 Å². The first kappa shape index (κ1) is 9.36. The number of rotatable bonds is 2. The van der Waals surface area contributed by atoms with Crippen molar-refractivity contribution in [3.8, 4) is 0 Å². The number of halogens is 1. The Morgan fingerprint density at radius 1 is 1.25 bits per heavy atom. The fourth-order valence-electron chi connectivity index (χ4n) is 0.697. The summed E-state index contributed by atoms with van der Waals surface area (Å²) in [7, 11) is -0.811. The minimum atomic E-state index is -3.96. The number of hydrogen-bond acceptors (Lipinski definition) is 2. The molecule has 0 aliphatic carbocycles. The molecule has 0 fully saturated rings. The molecule has 1 aromatic carbocycles. The Hall–Kier alpha value is -0.730. The first-order chi connectivity index (χ1) is 5.55. The molecule has 0 saturated heterocycles. The van der Waals surface area contributed by atoms with E-state index in [1.165, 1.54) is 24.3 Å². The van der Waals surface area contributed by atoms with Gasteiger partial charge in [0.25, 0.3) is 0 Å². The summed E-state index contributed by atoms with van der Waals surface area (Å²) in [4.78, 5) is -1.47. The van der Waals surface area contributed by atoms with Gasteiger partial charge in [-0.05, 0) is 12.1 Å². The van der Waals surface area contributed by atoms with Crippen molar-refractivity contribution >= 4 is 23.6 Å². The predicted octanol–water partition coefficient (Wildman–Crippen LogP) is 1.93. The van der Waals surface area contributed by atoms with E-state index in [0.29, 0.717) is 0 Å². The van der Waals surface area contributed by atoms with Crippen molar-refractivity contribution in [2.24, 2.45) is 0 Å². The van der Waals surface area contributed by atoms with Gasteiger partial charge in [0.2, 0.25) is 14.7 Å². The standard InChI is InChI=1S/C7H5FO2PS/c8-7(11)12(9,10)6-4-2-1-3-5-6/h1-5H. The Morgan fingerprint density at radius 3 is 2.17 bits per heavy atom. The lowest BCUT2D eigenvalue weighted by Gasteiger charge is -1.97. The molecule has 1 radical (unpaired) electrons. The lowest BCUT2D eigenvalue weighted by molar-refractivity contribution is 0.602. The number of hydrogen-bond donors (Lipinski definition) is 0. The zero-order chi connectivity index (χ0) is 9.19. The average molecular weight is 203 g/mol. The molecule has 63 valence electrons. The SMILES string of the molecule is O=S(=O)(C(F)=[P])c1ccccc1. The highest BCUT2D eigenvalue weighted by molar-refractivity contribution is 8.10. The molecule has 0 aliphatic rings. The molecule has 1 rings (SSSR count). The fourth-order valence-corrected chi connectivity index (χ4v) is 1.72. The van der Waals surface area contributed by atoms with Gasteiger partial charge in [-0.3, -0.25) is 0 Å². The summed E-state index contributed by atoms with van der Waals surface area (Å²) in [5.74, 6) is 0. The van der Waals surface area contributed by atoms with Crippen LogP contribution < -0.4 is 0 Å². The second-order valence-electron chi connectivity index (χ2n) is 2.07.